The van der Waals surface area contributed by atoms with Crippen molar-refractivity contribution in [3.05, 3.63) is 127 Å². The number of nitrogens with zero attached hydrogens (tertiary/aromatic N) is 3. The van der Waals surface area contributed by atoms with Crippen LogP contribution in [0.5, 0.6) is 0 Å². The highest BCUT2D eigenvalue weighted by Crippen LogP contribution is 2.49. The van der Waals surface area contributed by atoms with Gasteiger partial charge < -0.3 is 20.9 Å². The van der Waals surface area contributed by atoms with E-state index in [1.807, 2.05) is 0 Å². The number of aromatic nitrogens is 2. The lowest BCUT2D eigenvalue weighted by Crippen LogP contribution is -2.48. The van der Waals surface area contributed by atoms with Crippen molar-refractivity contribution in [1.29, 1.82) is 0 Å². The van der Waals surface area contributed by atoms with E-state index in [0.717, 1.165) is 55.2 Å². The van der Waals surface area contributed by atoms with Crippen LogP contribution in [0.2, 0.25) is 0 Å². The summed E-state index contributed by atoms with van der Waals surface area (Å²) in [6, 6.07) is 18.3. The summed E-state index contributed by atoms with van der Waals surface area (Å²) in [6.07, 6.45) is 26.3. The van der Waals surface area contributed by atoms with Crippen molar-refractivity contribution in [3.63, 3.8) is 0 Å². The molecule has 3 aromatic rings. The Morgan fingerprint density at radius 2 is 1.25 bits per heavy atom. The van der Waals surface area contributed by atoms with Gasteiger partial charge in [0.05, 0.1) is 31.0 Å². The second kappa shape index (κ2) is 30.8. The van der Waals surface area contributed by atoms with E-state index < -0.39 is 7.92 Å². The Bertz CT molecular complexity index is 1610. The fourth-order valence-corrected chi connectivity index (χ4v) is 10.7. The summed E-state index contributed by atoms with van der Waals surface area (Å²) >= 11 is 3.59. The van der Waals surface area contributed by atoms with Gasteiger partial charge in [0.1, 0.15) is 5.69 Å². The van der Waals surface area contributed by atoms with Gasteiger partial charge in [0.15, 0.2) is 0 Å². The molecular formula is C52H83N6PS2. The molecule has 2 atom stereocenters. The van der Waals surface area contributed by atoms with Crippen LogP contribution in [0, 0.1) is 5.41 Å². The highest BCUT2D eigenvalue weighted by atomic mass is 32.2. The van der Waals surface area contributed by atoms with E-state index in [0.29, 0.717) is 30.3 Å². The topological polar surface area (TPSA) is 65.1 Å². The van der Waals surface area contributed by atoms with E-state index in [4.69, 9.17) is 0 Å². The monoisotopic (exact) mass is 887 g/mol. The van der Waals surface area contributed by atoms with Crippen LogP contribution in [0.3, 0.4) is 0 Å². The van der Waals surface area contributed by atoms with Crippen LogP contribution in [0.1, 0.15) is 136 Å². The minimum atomic E-state index is -0.433. The Kier molecular flexibility index (Phi) is 27.2. The fourth-order valence-electron chi connectivity index (χ4n) is 6.99. The van der Waals surface area contributed by atoms with Gasteiger partial charge in [0.2, 0.25) is 0 Å². The smallest absolute Gasteiger partial charge is 0.104 e. The first kappa shape index (κ1) is 53.9. The summed E-state index contributed by atoms with van der Waals surface area (Å²) in [5.74, 6) is 0.347. The summed E-state index contributed by atoms with van der Waals surface area (Å²) in [4.78, 5) is 13.5. The second-order valence-corrected chi connectivity index (χ2v) is 21.4. The molecule has 0 radical (unpaired) electrons. The summed E-state index contributed by atoms with van der Waals surface area (Å²) < 4.78 is 0. The zero-order valence-electron chi connectivity index (χ0n) is 39.8. The van der Waals surface area contributed by atoms with Crippen molar-refractivity contribution < 1.29 is 0 Å². The molecule has 1 aliphatic rings. The molecule has 6 nitrogen and oxygen atoms in total. The highest BCUT2D eigenvalue weighted by Gasteiger charge is 2.31. The number of hydrogen-bond donors (Lipinski definition) is 3. The minimum Gasteiger partial charge on any atom is -0.381 e. The zero-order valence-corrected chi connectivity index (χ0v) is 42.3. The number of unbranched alkanes of at least 4 members (excludes halogenated alkanes) is 1. The Morgan fingerprint density at radius 1 is 0.721 bits per heavy atom. The van der Waals surface area contributed by atoms with E-state index in [1.54, 1.807) is 42.1 Å². The Labute approximate surface area is 384 Å². The van der Waals surface area contributed by atoms with Crippen molar-refractivity contribution in [2.75, 3.05) is 32.1 Å². The normalized spacial score (nSPS) is 13.3. The van der Waals surface area contributed by atoms with Crippen LogP contribution in [-0.4, -0.2) is 58.8 Å². The number of thioether (sulfide) groups is 2. The molecule has 4 rings (SSSR count). The third-order valence-corrected chi connectivity index (χ3v) is 15.0. The molecule has 1 fully saturated rings. The molecular weight excluding hydrogens is 804 g/mol. The zero-order chi connectivity index (χ0) is 45.0. The van der Waals surface area contributed by atoms with Gasteiger partial charge in [-0.1, -0.05) is 165 Å². The van der Waals surface area contributed by atoms with Gasteiger partial charge in [-0.25, -0.2) is 0 Å². The molecule has 0 bridgehead atoms. The predicted octanol–water partition coefficient (Wildman–Crippen LogP) is 14.5. The van der Waals surface area contributed by atoms with Gasteiger partial charge in [-0.05, 0) is 78.5 Å². The molecule has 61 heavy (non-hydrogen) atoms. The Morgan fingerprint density at radius 3 is 1.66 bits per heavy atom. The predicted molar refractivity (Wildman–Crippen MR) is 276 cm³/mol. The maximum Gasteiger partial charge on any atom is 0.104 e. The lowest BCUT2D eigenvalue weighted by atomic mass is 9.84. The molecule has 1 aliphatic carbocycles. The maximum atomic E-state index is 4.68. The minimum absolute atomic E-state index is 0.0343. The van der Waals surface area contributed by atoms with Gasteiger partial charge >= 0.3 is 0 Å². The Hall–Kier alpha value is -3.19. The first-order valence-electron chi connectivity index (χ1n) is 22.8. The molecule has 1 saturated carbocycles. The molecule has 1 aromatic heterocycles. The first-order chi connectivity index (χ1) is 29.3. The van der Waals surface area contributed by atoms with Gasteiger partial charge in [-0.15, -0.1) is 23.5 Å². The molecule has 2 aromatic carbocycles. The lowest BCUT2D eigenvalue weighted by Gasteiger charge is -2.40. The van der Waals surface area contributed by atoms with Crippen LogP contribution < -0.4 is 16.0 Å². The van der Waals surface area contributed by atoms with Gasteiger partial charge in [-0.3, -0.25) is 9.97 Å². The van der Waals surface area contributed by atoms with E-state index in [-0.39, 0.29) is 11.5 Å². The molecule has 9 heteroatoms. The molecule has 0 aliphatic heterocycles. The van der Waals surface area contributed by atoms with Crippen LogP contribution >= 0.6 is 31.4 Å². The maximum absolute atomic E-state index is 4.68. The number of hydrogen-bond acceptors (Lipinski definition) is 8. The number of nitrogens with one attached hydrogen (secondary N) is 3. The first-order valence-corrected chi connectivity index (χ1v) is 27.0. The summed E-state index contributed by atoms with van der Waals surface area (Å²) in [5.41, 5.74) is 7.07. The lowest BCUT2D eigenvalue weighted by molar-refractivity contribution is 0.244. The third kappa shape index (κ3) is 21.6. The van der Waals surface area contributed by atoms with Crippen molar-refractivity contribution in [2.24, 2.45) is 5.41 Å². The molecule has 0 amide bonds. The van der Waals surface area contributed by atoms with E-state index in [2.05, 4.69) is 167 Å². The van der Waals surface area contributed by atoms with Gasteiger partial charge in [-0.2, -0.15) is 0 Å². The summed E-state index contributed by atoms with van der Waals surface area (Å²) in [5, 5.41) is 11.0. The number of benzene rings is 2. The van der Waals surface area contributed by atoms with E-state index >= 15 is 0 Å². The van der Waals surface area contributed by atoms with E-state index in [1.165, 1.54) is 72.3 Å². The standard InChI is InChI=1S/C42H61N6PS2.C6H12.C4H10/c1-12-14-40(49(29-35-15-19-37(50-10)20-16-35)30-36-17-21-38(51-11)22-18-36)46-32(4)28-48(25-13-2)34(6)41(42(7,8)9)47-31(3)26-45-33(5)39-27-43-23-24-44-39;1-2-4-6-5-3-1;1-3-4-2/h15-24,27,40-41,45-47H,3-6,12-14,25-26,28-30H2,1-2,7-11H3;1-6H2;3-4H2,1-2H3. The average molecular weight is 887 g/mol. The van der Waals surface area contributed by atoms with Crippen LogP contribution in [-0.2, 0) is 12.3 Å². The van der Waals surface area contributed by atoms with Crippen LogP contribution in [0.25, 0.3) is 5.70 Å². The molecule has 0 spiro atoms. The largest absolute Gasteiger partial charge is 0.381 e. The SMILES string of the molecule is C1CCCCC1.C=C(CN(CCC)C(=C)C(NC(=C)CNC(=C)c1cnccn1)C(C)(C)C)NC(CCC)P(Cc1ccc(SC)cc1)Cc1ccc(SC)cc1.CCCC. The molecule has 3 N–H and O–H groups in total. The highest BCUT2D eigenvalue weighted by molar-refractivity contribution is 7.98. The molecule has 0 saturated heterocycles. The molecule has 338 valence electrons. The summed E-state index contributed by atoms with van der Waals surface area (Å²) in [7, 11) is -0.433. The fraction of sp³-hybridized carbons (Fsp3) is 0.538. The van der Waals surface area contributed by atoms with E-state index in [9.17, 15) is 0 Å². The Balaban J connectivity index is 0.00000113. The van der Waals surface area contributed by atoms with Crippen molar-refractivity contribution in [3.8, 4) is 0 Å². The van der Waals surface area contributed by atoms with Crippen molar-refractivity contribution in [1.82, 2.24) is 30.8 Å². The molecule has 2 unspecified atom stereocenters. The van der Waals surface area contributed by atoms with Gasteiger partial charge in [0, 0.05) is 51.6 Å². The third-order valence-electron chi connectivity index (χ3n) is 10.7. The summed E-state index contributed by atoms with van der Waals surface area (Å²) in [6.45, 7) is 35.5. The van der Waals surface area contributed by atoms with Crippen molar-refractivity contribution >= 4 is 37.1 Å². The quantitative estimate of drug-likeness (QED) is 0.0607. The van der Waals surface area contributed by atoms with Crippen LogP contribution in [0.4, 0.5) is 0 Å². The van der Waals surface area contributed by atoms with Crippen molar-refractivity contribution in [2.45, 2.75) is 153 Å². The molecule has 1 heterocycles. The van der Waals surface area contributed by atoms with Gasteiger partial charge in [0.25, 0.3) is 0 Å². The average Bonchev–Trinajstić information content (AvgIpc) is 3.28. The second-order valence-electron chi connectivity index (χ2n) is 17.2. The number of rotatable bonds is 24. The van der Waals surface area contributed by atoms with Crippen LogP contribution in [0.15, 0.2) is 120 Å².